The SMILES string of the molecule is Cc1cc(Nc2ccc3ccn(C)c3c2)ncn1. The second-order valence-corrected chi connectivity index (χ2v) is 4.37. The minimum absolute atomic E-state index is 0.816. The monoisotopic (exact) mass is 238 g/mol. The van der Waals surface area contributed by atoms with Gasteiger partial charge in [-0.15, -0.1) is 0 Å². The van der Waals surface area contributed by atoms with Gasteiger partial charge in [0.2, 0.25) is 0 Å². The fourth-order valence-electron chi connectivity index (χ4n) is 2.01. The molecular formula is C14H14N4. The Kier molecular flexibility index (Phi) is 2.48. The molecule has 0 radical (unpaired) electrons. The van der Waals surface area contributed by atoms with Gasteiger partial charge in [0.1, 0.15) is 12.1 Å². The Balaban J connectivity index is 1.97. The van der Waals surface area contributed by atoms with Crippen LogP contribution in [0.4, 0.5) is 11.5 Å². The van der Waals surface area contributed by atoms with E-state index in [1.54, 1.807) is 6.33 Å². The molecular weight excluding hydrogens is 224 g/mol. The minimum Gasteiger partial charge on any atom is -0.350 e. The van der Waals surface area contributed by atoms with E-state index in [1.165, 1.54) is 10.9 Å². The normalized spacial score (nSPS) is 10.8. The summed E-state index contributed by atoms with van der Waals surface area (Å²) in [5, 5.41) is 4.53. The summed E-state index contributed by atoms with van der Waals surface area (Å²) >= 11 is 0. The van der Waals surface area contributed by atoms with E-state index >= 15 is 0 Å². The number of rotatable bonds is 2. The van der Waals surface area contributed by atoms with Crippen molar-refractivity contribution >= 4 is 22.4 Å². The molecule has 90 valence electrons. The molecule has 0 amide bonds. The molecule has 0 spiro atoms. The summed E-state index contributed by atoms with van der Waals surface area (Å²) in [7, 11) is 2.04. The highest BCUT2D eigenvalue weighted by molar-refractivity contribution is 5.84. The molecule has 4 heteroatoms. The summed E-state index contributed by atoms with van der Waals surface area (Å²) in [5.74, 6) is 0.816. The van der Waals surface area contributed by atoms with Gasteiger partial charge in [0.25, 0.3) is 0 Å². The predicted molar refractivity (Wildman–Crippen MR) is 73.0 cm³/mol. The fourth-order valence-corrected chi connectivity index (χ4v) is 2.01. The number of aromatic nitrogens is 3. The lowest BCUT2D eigenvalue weighted by molar-refractivity contribution is 0.969. The number of anilines is 2. The Bertz CT molecular complexity index is 700. The van der Waals surface area contributed by atoms with E-state index in [0.717, 1.165) is 17.2 Å². The maximum absolute atomic E-state index is 4.20. The van der Waals surface area contributed by atoms with Crippen LogP contribution in [0.2, 0.25) is 0 Å². The van der Waals surface area contributed by atoms with Crippen molar-refractivity contribution in [3.63, 3.8) is 0 Å². The first kappa shape index (κ1) is 10.8. The van der Waals surface area contributed by atoms with Crippen molar-refractivity contribution in [3.8, 4) is 0 Å². The Morgan fingerprint density at radius 2 is 2.00 bits per heavy atom. The lowest BCUT2D eigenvalue weighted by Crippen LogP contribution is -1.95. The van der Waals surface area contributed by atoms with Crippen LogP contribution in [0.15, 0.2) is 42.9 Å². The van der Waals surface area contributed by atoms with Gasteiger partial charge < -0.3 is 9.88 Å². The lowest BCUT2D eigenvalue weighted by atomic mass is 10.2. The van der Waals surface area contributed by atoms with Crippen LogP contribution in [0.3, 0.4) is 0 Å². The average Bonchev–Trinajstić information content (AvgIpc) is 2.71. The van der Waals surface area contributed by atoms with Gasteiger partial charge in [-0.1, -0.05) is 6.07 Å². The molecule has 2 heterocycles. The zero-order valence-electron chi connectivity index (χ0n) is 10.4. The second-order valence-electron chi connectivity index (χ2n) is 4.37. The quantitative estimate of drug-likeness (QED) is 0.746. The van der Waals surface area contributed by atoms with E-state index in [9.17, 15) is 0 Å². The van der Waals surface area contributed by atoms with Gasteiger partial charge in [0, 0.05) is 36.2 Å². The Morgan fingerprint density at radius 3 is 2.83 bits per heavy atom. The van der Waals surface area contributed by atoms with Gasteiger partial charge in [-0.3, -0.25) is 0 Å². The third-order valence-electron chi connectivity index (χ3n) is 2.96. The molecule has 4 nitrogen and oxygen atoms in total. The van der Waals surface area contributed by atoms with Gasteiger partial charge in [-0.25, -0.2) is 9.97 Å². The molecule has 3 aromatic rings. The van der Waals surface area contributed by atoms with Crippen molar-refractivity contribution in [1.82, 2.24) is 14.5 Å². The zero-order chi connectivity index (χ0) is 12.5. The van der Waals surface area contributed by atoms with Gasteiger partial charge in [0.15, 0.2) is 0 Å². The van der Waals surface area contributed by atoms with Gasteiger partial charge in [-0.05, 0) is 30.5 Å². The van der Waals surface area contributed by atoms with Crippen molar-refractivity contribution in [2.24, 2.45) is 7.05 Å². The largest absolute Gasteiger partial charge is 0.350 e. The maximum atomic E-state index is 4.20. The molecule has 3 rings (SSSR count). The summed E-state index contributed by atoms with van der Waals surface area (Å²) in [4.78, 5) is 8.28. The molecule has 0 aliphatic rings. The number of hydrogen-bond acceptors (Lipinski definition) is 3. The summed E-state index contributed by atoms with van der Waals surface area (Å²) in [6, 6.07) is 10.3. The number of aryl methyl sites for hydroxylation is 2. The van der Waals surface area contributed by atoms with Gasteiger partial charge >= 0.3 is 0 Å². The van der Waals surface area contributed by atoms with Crippen LogP contribution in [0, 0.1) is 6.92 Å². The van der Waals surface area contributed by atoms with E-state index in [1.807, 2.05) is 20.0 Å². The smallest absolute Gasteiger partial charge is 0.133 e. The second kappa shape index (κ2) is 4.14. The molecule has 0 aliphatic heterocycles. The number of benzene rings is 1. The number of fused-ring (bicyclic) bond motifs is 1. The molecule has 2 aromatic heterocycles. The highest BCUT2D eigenvalue weighted by Crippen LogP contribution is 2.21. The third kappa shape index (κ3) is 1.93. The van der Waals surface area contributed by atoms with E-state index in [-0.39, 0.29) is 0 Å². The highest BCUT2D eigenvalue weighted by Gasteiger charge is 2.01. The van der Waals surface area contributed by atoms with Crippen LogP contribution in [-0.2, 0) is 7.05 Å². The van der Waals surface area contributed by atoms with Gasteiger partial charge in [0.05, 0.1) is 0 Å². The number of hydrogen-bond donors (Lipinski definition) is 1. The number of nitrogens with zero attached hydrogens (tertiary/aromatic N) is 3. The molecule has 0 saturated heterocycles. The van der Waals surface area contributed by atoms with Crippen molar-refractivity contribution in [2.45, 2.75) is 6.92 Å². The highest BCUT2D eigenvalue weighted by atomic mass is 15.0. The minimum atomic E-state index is 0.816. The van der Waals surface area contributed by atoms with E-state index in [4.69, 9.17) is 0 Å². The molecule has 1 N–H and O–H groups in total. The molecule has 0 aliphatic carbocycles. The van der Waals surface area contributed by atoms with Gasteiger partial charge in [-0.2, -0.15) is 0 Å². The van der Waals surface area contributed by atoms with E-state index < -0.39 is 0 Å². The molecule has 0 bridgehead atoms. The predicted octanol–water partition coefficient (Wildman–Crippen LogP) is 3.02. The molecule has 0 saturated carbocycles. The van der Waals surface area contributed by atoms with E-state index in [0.29, 0.717) is 0 Å². The summed E-state index contributed by atoms with van der Waals surface area (Å²) < 4.78 is 2.10. The standard InChI is InChI=1S/C14H14N4/c1-10-7-14(16-9-15-10)17-12-4-3-11-5-6-18(2)13(11)8-12/h3-9H,1-2H3,(H,15,16,17). The molecule has 1 aromatic carbocycles. The Labute approximate surface area is 105 Å². The van der Waals surface area contributed by atoms with Crippen molar-refractivity contribution < 1.29 is 0 Å². The first-order valence-corrected chi connectivity index (χ1v) is 5.83. The first-order valence-electron chi connectivity index (χ1n) is 5.83. The summed E-state index contributed by atoms with van der Waals surface area (Å²) in [6.07, 6.45) is 3.63. The summed E-state index contributed by atoms with van der Waals surface area (Å²) in [6.45, 7) is 1.95. The number of nitrogens with one attached hydrogen (secondary N) is 1. The fraction of sp³-hybridized carbons (Fsp3) is 0.143. The van der Waals surface area contributed by atoms with Crippen LogP contribution >= 0.6 is 0 Å². The molecule has 0 atom stereocenters. The van der Waals surface area contributed by atoms with Crippen LogP contribution < -0.4 is 5.32 Å². The maximum Gasteiger partial charge on any atom is 0.133 e. The summed E-state index contributed by atoms with van der Waals surface area (Å²) in [5.41, 5.74) is 3.18. The van der Waals surface area contributed by atoms with Crippen LogP contribution in [0.5, 0.6) is 0 Å². The molecule has 0 unspecified atom stereocenters. The Morgan fingerprint density at radius 1 is 1.11 bits per heavy atom. The lowest BCUT2D eigenvalue weighted by Gasteiger charge is -2.06. The Hall–Kier alpha value is -2.36. The topological polar surface area (TPSA) is 42.7 Å². The van der Waals surface area contributed by atoms with Crippen LogP contribution in [0.1, 0.15) is 5.69 Å². The van der Waals surface area contributed by atoms with Crippen LogP contribution in [0.25, 0.3) is 10.9 Å². The van der Waals surface area contributed by atoms with Crippen LogP contribution in [-0.4, -0.2) is 14.5 Å². The average molecular weight is 238 g/mol. The van der Waals surface area contributed by atoms with E-state index in [2.05, 4.69) is 50.3 Å². The third-order valence-corrected chi connectivity index (χ3v) is 2.96. The first-order chi connectivity index (χ1) is 8.72. The molecule has 0 fully saturated rings. The van der Waals surface area contributed by atoms with Crippen molar-refractivity contribution in [3.05, 3.63) is 48.5 Å². The molecule has 18 heavy (non-hydrogen) atoms. The van der Waals surface area contributed by atoms with Crippen molar-refractivity contribution in [2.75, 3.05) is 5.32 Å². The van der Waals surface area contributed by atoms with Crippen molar-refractivity contribution in [1.29, 1.82) is 0 Å². The zero-order valence-corrected chi connectivity index (χ0v) is 10.4.